The van der Waals surface area contributed by atoms with E-state index in [1.807, 2.05) is 12.1 Å². The molecule has 3 nitrogen and oxygen atoms in total. The zero-order valence-corrected chi connectivity index (χ0v) is 10.5. The molecular weight excluding hydrogens is 243 g/mol. The number of hydrogen-bond acceptors (Lipinski definition) is 3. The Balaban J connectivity index is 1.51. The molecular formula is C15H15FN2O. The first-order valence-corrected chi connectivity index (χ1v) is 6.66. The molecule has 1 spiro atoms. The van der Waals surface area contributed by atoms with Crippen molar-refractivity contribution < 1.29 is 9.13 Å². The van der Waals surface area contributed by atoms with Gasteiger partial charge in [-0.05, 0) is 37.1 Å². The third-order valence-electron chi connectivity index (χ3n) is 4.23. The number of benzene rings is 1. The summed E-state index contributed by atoms with van der Waals surface area (Å²) in [5.74, 6) is 0.410. The molecule has 0 atom stereocenters. The van der Waals surface area contributed by atoms with Crippen LogP contribution in [-0.2, 0) is 0 Å². The molecule has 0 bridgehead atoms. The van der Waals surface area contributed by atoms with Crippen LogP contribution in [0.1, 0.15) is 12.8 Å². The number of nitrogens with one attached hydrogen (secondary N) is 1. The van der Waals surface area contributed by atoms with E-state index in [9.17, 15) is 4.39 Å². The maximum Gasteiger partial charge on any atom is 0.214 e. The van der Waals surface area contributed by atoms with Gasteiger partial charge >= 0.3 is 0 Å². The smallest absolute Gasteiger partial charge is 0.214 e. The molecule has 4 rings (SSSR count). The Morgan fingerprint density at radius 3 is 2.79 bits per heavy atom. The number of ether oxygens (including phenoxy) is 1. The molecule has 0 radical (unpaired) electrons. The third kappa shape index (κ3) is 1.87. The molecule has 98 valence electrons. The van der Waals surface area contributed by atoms with Crippen LogP contribution >= 0.6 is 0 Å². The van der Waals surface area contributed by atoms with Crippen LogP contribution in [0.3, 0.4) is 0 Å². The molecule has 2 heterocycles. The standard InChI is InChI=1S/C15H15FN2O/c16-11-2-3-13-10(5-11)1-4-14(18-13)19-12-6-15(7-12)8-17-9-15/h1-5,12,17H,6-9H2. The second-order valence-electron chi connectivity index (χ2n) is 5.74. The summed E-state index contributed by atoms with van der Waals surface area (Å²) in [4.78, 5) is 4.43. The minimum atomic E-state index is -0.235. The van der Waals surface area contributed by atoms with Crippen molar-refractivity contribution in [2.75, 3.05) is 13.1 Å². The molecule has 2 aromatic rings. The van der Waals surface area contributed by atoms with E-state index in [0.717, 1.165) is 36.8 Å². The van der Waals surface area contributed by atoms with Crippen LogP contribution < -0.4 is 10.1 Å². The van der Waals surface area contributed by atoms with Gasteiger partial charge in [-0.25, -0.2) is 9.37 Å². The van der Waals surface area contributed by atoms with Crippen molar-refractivity contribution in [3.05, 3.63) is 36.1 Å². The zero-order chi connectivity index (χ0) is 12.9. The predicted octanol–water partition coefficient (Wildman–Crippen LogP) is 2.50. The van der Waals surface area contributed by atoms with Crippen LogP contribution in [0.2, 0.25) is 0 Å². The van der Waals surface area contributed by atoms with Crippen LogP contribution in [0.15, 0.2) is 30.3 Å². The maximum atomic E-state index is 13.1. The second kappa shape index (κ2) is 3.90. The van der Waals surface area contributed by atoms with Gasteiger partial charge in [0.15, 0.2) is 0 Å². The number of fused-ring (bicyclic) bond motifs is 1. The van der Waals surface area contributed by atoms with Crippen LogP contribution in [0.25, 0.3) is 10.9 Å². The Bertz CT molecular complexity index is 631. The Morgan fingerprint density at radius 1 is 1.21 bits per heavy atom. The lowest BCUT2D eigenvalue weighted by Crippen LogP contribution is -2.62. The van der Waals surface area contributed by atoms with Gasteiger partial charge in [0.2, 0.25) is 5.88 Å². The maximum absolute atomic E-state index is 13.1. The highest BCUT2D eigenvalue weighted by atomic mass is 19.1. The van der Waals surface area contributed by atoms with Crippen molar-refractivity contribution in [3.8, 4) is 5.88 Å². The Morgan fingerprint density at radius 2 is 2.05 bits per heavy atom. The quantitative estimate of drug-likeness (QED) is 0.898. The van der Waals surface area contributed by atoms with Gasteiger partial charge in [-0.2, -0.15) is 0 Å². The Hall–Kier alpha value is -1.68. The SMILES string of the molecule is Fc1ccc2nc(OC3CC4(CNC4)C3)ccc2c1. The van der Waals surface area contributed by atoms with E-state index in [2.05, 4.69) is 10.3 Å². The molecule has 2 fully saturated rings. The van der Waals surface area contributed by atoms with Gasteiger partial charge in [0.25, 0.3) is 0 Å². The van der Waals surface area contributed by atoms with Gasteiger partial charge in [0, 0.05) is 30.0 Å². The van der Waals surface area contributed by atoms with Gasteiger partial charge in [0.1, 0.15) is 11.9 Å². The highest BCUT2D eigenvalue weighted by Crippen LogP contribution is 2.45. The monoisotopic (exact) mass is 258 g/mol. The van der Waals surface area contributed by atoms with Crippen molar-refractivity contribution in [2.24, 2.45) is 5.41 Å². The van der Waals surface area contributed by atoms with Gasteiger partial charge in [-0.15, -0.1) is 0 Å². The number of aromatic nitrogens is 1. The lowest BCUT2D eigenvalue weighted by atomic mass is 9.63. The van der Waals surface area contributed by atoms with E-state index >= 15 is 0 Å². The van der Waals surface area contributed by atoms with Crippen molar-refractivity contribution in [1.82, 2.24) is 10.3 Å². The molecule has 1 aromatic carbocycles. The lowest BCUT2D eigenvalue weighted by Gasteiger charge is -2.53. The highest BCUT2D eigenvalue weighted by Gasteiger charge is 2.49. The Labute approximate surface area is 110 Å². The first-order valence-electron chi connectivity index (χ1n) is 6.66. The summed E-state index contributed by atoms with van der Waals surface area (Å²) in [5.41, 5.74) is 1.28. The minimum absolute atomic E-state index is 0.235. The number of rotatable bonds is 2. The van der Waals surface area contributed by atoms with E-state index in [-0.39, 0.29) is 11.9 Å². The van der Waals surface area contributed by atoms with Crippen molar-refractivity contribution in [3.63, 3.8) is 0 Å². The third-order valence-corrected chi connectivity index (χ3v) is 4.23. The lowest BCUT2D eigenvalue weighted by molar-refractivity contribution is -0.0511. The van der Waals surface area contributed by atoms with Crippen molar-refractivity contribution in [2.45, 2.75) is 18.9 Å². The van der Waals surface area contributed by atoms with E-state index in [0.29, 0.717) is 11.3 Å². The molecule has 1 aliphatic carbocycles. The number of nitrogens with zero attached hydrogens (tertiary/aromatic N) is 1. The van der Waals surface area contributed by atoms with Gasteiger partial charge < -0.3 is 10.1 Å². The van der Waals surface area contributed by atoms with E-state index in [1.54, 1.807) is 6.07 Å². The average Bonchev–Trinajstić information content (AvgIpc) is 2.31. The van der Waals surface area contributed by atoms with Gasteiger partial charge in [-0.1, -0.05) is 0 Å². The predicted molar refractivity (Wildman–Crippen MR) is 70.7 cm³/mol. The molecule has 4 heteroatoms. The molecule has 0 unspecified atom stereocenters. The fraction of sp³-hybridized carbons (Fsp3) is 0.400. The summed E-state index contributed by atoms with van der Waals surface area (Å²) in [7, 11) is 0. The van der Waals surface area contributed by atoms with Crippen LogP contribution in [0.4, 0.5) is 4.39 Å². The van der Waals surface area contributed by atoms with E-state index < -0.39 is 0 Å². The van der Waals surface area contributed by atoms with Crippen LogP contribution in [-0.4, -0.2) is 24.2 Å². The largest absolute Gasteiger partial charge is 0.474 e. The fourth-order valence-corrected chi connectivity index (χ4v) is 3.07. The molecule has 2 aliphatic rings. The summed E-state index contributed by atoms with van der Waals surface area (Å²) in [6.45, 7) is 2.24. The normalized spacial score (nSPS) is 21.1. The topological polar surface area (TPSA) is 34.1 Å². The molecule has 1 N–H and O–H groups in total. The number of halogens is 1. The fourth-order valence-electron chi connectivity index (χ4n) is 3.07. The molecule has 1 aromatic heterocycles. The molecule has 1 aliphatic heterocycles. The molecule has 1 saturated heterocycles. The first-order chi connectivity index (χ1) is 9.22. The summed E-state index contributed by atoms with van der Waals surface area (Å²) in [6.07, 6.45) is 2.51. The van der Waals surface area contributed by atoms with Crippen molar-refractivity contribution >= 4 is 10.9 Å². The van der Waals surface area contributed by atoms with E-state index in [1.165, 1.54) is 12.1 Å². The number of pyridine rings is 1. The highest BCUT2D eigenvalue weighted by molar-refractivity contribution is 5.78. The molecule has 19 heavy (non-hydrogen) atoms. The molecule has 0 amide bonds. The second-order valence-corrected chi connectivity index (χ2v) is 5.74. The summed E-state index contributed by atoms with van der Waals surface area (Å²) >= 11 is 0. The first kappa shape index (κ1) is 11.2. The van der Waals surface area contributed by atoms with Gasteiger partial charge in [-0.3, -0.25) is 0 Å². The van der Waals surface area contributed by atoms with Crippen LogP contribution in [0.5, 0.6) is 5.88 Å². The summed E-state index contributed by atoms with van der Waals surface area (Å²) in [6, 6.07) is 8.30. The minimum Gasteiger partial charge on any atom is -0.474 e. The van der Waals surface area contributed by atoms with Gasteiger partial charge in [0.05, 0.1) is 5.52 Å². The van der Waals surface area contributed by atoms with E-state index in [4.69, 9.17) is 4.74 Å². The van der Waals surface area contributed by atoms with Crippen molar-refractivity contribution in [1.29, 1.82) is 0 Å². The summed E-state index contributed by atoms with van der Waals surface area (Å²) in [5, 5.41) is 4.12. The molecule has 1 saturated carbocycles. The number of hydrogen-bond donors (Lipinski definition) is 1. The summed E-state index contributed by atoms with van der Waals surface area (Å²) < 4.78 is 19.0. The Kier molecular flexibility index (Phi) is 2.30. The average molecular weight is 258 g/mol. The van der Waals surface area contributed by atoms with Crippen LogP contribution in [0, 0.1) is 11.2 Å². The zero-order valence-electron chi connectivity index (χ0n) is 10.5.